The van der Waals surface area contributed by atoms with Crippen molar-refractivity contribution in [2.45, 2.75) is 44.6 Å². The van der Waals surface area contributed by atoms with Crippen molar-refractivity contribution in [2.75, 3.05) is 41.7 Å². The summed E-state index contributed by atoms with van der Waals surface area (Å²) >= 11 is 0. The number of urea groups is 1. The van der Waals surface area contributed by atoms with Crippen molar-refractivity contribution in [3.8, 4) is 0 Å². The van der Waals surface area contributed by atoms with E-state index in [0.29, 0.717) is 6.04 Å². The van der Waals surface area contributed by atoms with E-state index in [-0.39, 0.29) is 6.03 Å². The van der Waals surface area contributed by atoms with Gasteiger partial charge >= 0.3 is 6.03 Å². The van der Waals surface area contributed by atoms with E-state index in [9.17, 15) is 4.79 Å². The molecule has 2 fully saturated rings. The number of benzene rings is 1. The predicted octanol–water partition coefficient (Wildman–Crippen LogP) is 3.97. The Morgan fingerprint density at radius 2 is 1.69 bits per heavy atom. The Bertz CT molecular complexity index is 783. The molecule has 2 aliphatic rings. The Morgan fingerprint density at radius 1 is 0.931 bits per heavy atom. The highest BCUT2D eigenvalue weighted by Gasteiger charge is 2.24. The first-order valence-electron chi connectivity index (χ1n) is 10.7. The van der Waals surface area contributed by atoms with Crippen molar-refractivity contribution < 1.29 is 4.79 Å². The number of aromatic nitrogens is 2. The van der Waals surface area contributed by atoms with Gasteiger partial charge in [0.2, 0.25) is 0 Å². The maximum absolute atomic E-state index is 12.9. The minimum atomic E-state index is -0.00905. The highest BCUT2D eigenvalue weighted by Crippen LogP contribution is 2.28. The van der Waals surface area contributed by atoms with Gasteiger partial charge in [-0.2, -0.15) is 5.10 Å². The summed E-state index contributed by atoms with van der Waals surface area (Å²) in [7, 11) is 0. The molecule has 2 saturated heterocycles. The minimum Gasteiger partial charge on any atom is -0.370 e. The molecule has 4 rings (SSSR count). The molecule has 154 valence electrons. The summed E-state index contributed by atoms with van der Waals surface area (Å²) in [6.07, 6.45) is 8.49. The number of anilines is 3. The second kappa shape index (κ2) is 9.58. The Morgan fingerprint density at radius 3 is 2.41 bits per heavy atom. The normalized spacial score (nSPS) is 18.2. The molecule has 3 heterocycles. The summed E-state index contributed by atoms with van der Waals surface area (Å²) in [6.45, 7) is 3.59. The van der Waals surface area contributed by atoms with Crippen LogP contribution in [0.2, 0.25) is 0 Å². The van der Waals surface area contributed by atoms with Crippen molar-refractivity contribution in [1.29, 1.82) is 0 Å². The van der Waals surface area contributed by atoms with Gasteiger partial charge in [-0.15, -0.1) is 5.10 Å². The molecule has 0 bridgehead atoms. The second-order valence-corrected chi connectivity index (χ2v) is 7.86. The molecule has 0 aliphatic carbocycles. The average Bonchev–Trinajstić information content (AvgIpc) is 3.05. The Balaban J connectivity index is 1.33. The SMILES string of the molecule is O=C(Nc1ccccc1N1CCCCCC1)N1CCC(Nc2cccnn2)CC1. The smallest absolute Gasteiger partial charge is 0.321 e. The van der Waals surface area contributed by atoms with Gasteiger partial charge < -0.3 is 20.4 Å². The summed E-state index contributed by atoms with van der Waals surface area (Å²) < 4.78 is 0. The van der Waals surface area contributed by atoms with E-state index in [2.05, 4.69) is 37.9 Å². The number of nitrogens with zero attached hydrogens (tertiary/aromatic N) is 4. The van der Waals surface area contributed by atoms with Crippen LogP contribution in [0.25, 0.3) is 0 Å². The average molecular weight is 395 g/mol. The number of nitrogens with one attached hydrogen (secondary N) is 2. The molecule has 7 nitrogen and oxygen atoms in total. The zero-order valence-corrected chi connectivity index (χ0v) is 16.9. The highest BCUT2D eigenvalue weighted by molar-refractivity contribution is 5.93. The number of para-hydroxylation sites is 2. The zero-order chi connectivity index (χ0) is 19.9. The van der Waals surface area contributed by atoms with E-state index in [1.807, 2.05) is 29.2 Å². The molecule has 0 radical (unpaired) electrons. The number of rotatable bonds is 4. The van der Waals surface area contributed by atoms with E-state index in [0.717, 1.165) is 56.2 Å². The molecular formula is C22H30N6O. The Kier molecular flexibility index (Phi) is 6.44. The van der Waals surface area contributed by atoms with Crippen LogP contribution in [0.4, 0.5) is 22.0 Å². The largest absolute Gasteiger partial charge is 0.370 e. The molecule has 7 heteroatoms. The maximum Gasteiger partial charge on any atom is 0.321 e. The van der Waals surface area contributed by atoms with Crippen LogP contribution in [0.15, 0.2) is 42.6 Å². The van der Waals surface area contributed by atoms with Crippen LogP contribution in [0, 0.1) is 0 Å². The standard InChI is InChI=1S/C22H30N6O/c29-22(28-16-11-18(12-17-28)24-21-10-7-13-23-26-21)25-19-8-3-4-9-20(19)27-14-5-1-2-6-15-27/h3-4,7-10,13,18H,1-2,5-6,11-12,14-17H2,(H,24,26)(H,25,29). The summed E-state index contributed by atoms with van der Waals surface area (Å²) in [5, 5.41) is 14.6. The van der Waals surface area contributed by atoms with Crippen molar-refractivity contribution in [3.05, 3.63) is 42.6 Å². The van der Waals surface area contributed by atoms with Crippen molar-refractivity contribution in [2.24, 2.45) is 0 Å². The molecule has 1 aromatic heterocycles. The monoisotopic (exact) mass is 394 g/mol. The van der Waals surface area contributed by atoms with Crippen LogP contribution in [-0.2, 0) is 0 Å². The fraction of sp³-hybridized carbons (Fsp3) is 0.500. The van der Waals surface area contributed by atoms with E-state index >= 15 is 0 Å². The summed E-state index contributed by atoms with van der Waals surface area (Å²) in [5.41, 5.74) is 2.06. The predicted molar refractivity (Wildman–Crippen MR) is 116 cm³/mol. The van der Waals surface area contributed by atoms with Gasteiger partial charge in [0.05, 0.1) is 11.4 Å². The molecule has 0 saturated carbocycles. The van der Waals surface area contributed by atoms with Crippen LogP contribution >= 0.6 is 0 Å². The number of piperidine rings is 1. The third-order valence-electron chi connectivity index (χ3n) is 5.80. The third-order valence-corrected chi connectivity index (χ3v) is 5.80. The number of hydrogen-bond donors (Lipinski definition) is 2. The van der Waals surface area contributed by atoms with Crippen molar-refractivity contribution in [3.63, 3.8) is 0 Å². The molecule has 0 spiro atoms. The second-order valence-electron chi connectivity index (χ2n) is 7.86. The summed E-state index contributed by atoms with van der Waals surface area (Å²) in [5.74, 6) is 0.793. The van der Waals surface area contributed by atoms with Crippen LogP contribution in [0.5, 0.6) is 0 Å². The first kappa shape index (κ1) is 19.5. The lowest BCUT2D eigenvalue weighted by Gasteiger charge is -2.33. The molecule has 2 N–H and O–H groups in total. The number of hydrogen-bond acceptors (Lipinski definition) is 5. The fourth-order valence-corrected chi connectivity index (χ4v) is 4.18. The minimum absolute atomic E-state index is 0.00905. The fourth-order valence-electron chi connectivity index (χ4n) is 4.18. The molecule has 0 atom stereocenters. The number of carbonyl (C=O) groups excluding carboxylic acids is 1. The number of carbonyl (C=O) groups is 1. The van der Waals surface area contributed by atoms with Crippen LogP contribution in [0.1, 0.15) is 38.5 Å². The highest BCUT2D eigenvalue weighted by atomic mass is 16.2. The molecule has 29 heavy (non-hydrogen) atoms. The number of amides is 2. The molecule has 0 unspecified atom stereocenters. The molecule has 2 aromatic rings. The van der Waals surface area contributed by atoms with Crippen LogP contribution < -0.4 is 15.5 Å². The van der Waals surface area contributed by atoms with Gasteiger partial charge in [-0.25, -0.2) is 4.79 Å². The Hall–Kier alpha value is -2.83. The van der Waals surface area contributed by atoms with Crippen LogP contribution in [-0.4, -0.2) is 53.3 Å². The lowest BCUT2D eigenvalue weighted by atomic mass is 10.1. The maximum atomic E-state index is 12.9. The van der Waals surface area contributed by atoms with Gasteiger partial charge in [0, 0.05) is 38.4 Å². The van der Waals surface area contributed by atoms with Crippen molar-refractivity contribution in [1.82, 2.24) is 15.1 Å². The van der Waals surface area contributed by atoms with E-state index in [1.54, 1.807) is 6.20 Å². The Labute approximate surface area is 172 Å². The quantitative estimate of drug-likeness (QED) is 0.821. The van der Waals surface area contributed by atoms with Gasteiger partial charge in [0.1, 0.15) is 5.82 Å². The topological polar surface area (TPSA) is 73.4 Å². The summed E-state index contributed by atoms with van der Waals surface area (Å²) in [6, 6.07) is 12.3. The zero-order valence-electron chi connectivity index (χ0n) is 16.9. The van der Waals surface area contributed by atoms with Gasteiger partial charge in [0.25, 0.3) is 0 Å². The van der Waals surface area contributed by atoms with Gasteiger partial charge in [-0.1, -0.05) is 25.0 Å². The lowest BCUT2D eigenvalue weighted by molar-refractivity contribution is 0.197. The molecule has 2 amide bonds. The van der Waals surface area contributed by atoms with E-state index in [4.69, 9.17) is 0 Å². The first-order chi connectivity index (χ1) is 14.3. The molecule has 2 aliphatic heterocycles. The van der Waals surface area contributed by atoms with Gasteiger partial charge in [-0.3, -0.25) is 0 Å². The molecular weight excluding hydrogens is 364 g/mol. The van der Waals surface area contributed by atoms with Crippen molar-refractivity contribution >= 4 is 23.2 Å². The van der Waals surface area contributed by atoms with E-state index < -0.39 is 0 Å². The van der Waals surface area contributed by atoms with Crippen LogP contribution in [0.3, 0.4) is 0 Å². The summed E-state index contributed by atoms with van der Waals surface area (Å²) in [4.78, 5) is 17.2. The van der Waals surface area contributed by atoms with E-state index in [1.165, 1.54) is 25.7 Å². The van der Waals surface area contributed by atoms with Gasteiger partial charge in [0.15, 0.2) is 0 Å². The third kappa shape index (κ3) is 5.16. The molecule has 1 aromatic carbocycles. The number of likely N-dealkylation sites (tertiary alicyclic amines) is 1. The van der Waals surface area contributed by atoms with Gasteiger partial charge in [-0.05, 0) is 49.9 Å². The lowest BCUT2D eigenvalue weighted by Crippen LogP contribution is -2.44. The first-order valence-corrected chi connectivity index (χ1v) is 10.7.